The van der Waals surface area contributed by atoms with Crippen LogP contribution in [0.25, 0.3) is 0 Å². The Labute approximate surface area is 81.9 Å². The van der Waals surface area contributed by atoms with Crippen LogP contribution < -0.4 is 0 Å². The van der Waals surface area contributed by atoms with Gasteiger partial charge in [0.25, 0.3) is 0 Å². The molecule has 0 radical (unpaired) electrons. The highest BCUT2D eigenvalue weighted by Gasteiger charge is 2.02. The van der Waals surface area contributed by atoms with Crippen LogP contribution in [-0.4, -0.2) is 11.5 Å². The molecule has 0 unspecified atom stereocenters. The minimum Gasteiger partial charge on any atom is -0.265 e. The van der Waals surface area contributed by atoms with E-state index in [4.69, 9.17) is 5.26 Å². The van der Waals surface area contributed by atoms with Crippen LogP contribution in [-0.2, 0) is 6.42 Å². The molecule has 1 aromatic rings. The van der Waals surface area contributed by atoms with Gasteiger partial charge in [-0.05, 0) is 18.1 Å². The third-order valence-corrected chi connectivity index (χ3v) is 1.92. The summed E-state index contributed by atoms with van der Waals surface area (Å²) in [5, 5.41) is 18.8. The minimum absolute atomic E-state index is 0.0419. The number of benzene rings is 1. The zero-order valence-electron chi connectivity index (χ0n) is 7.64. The first-order valence-electron chi connectivity index (χ1n) is 4.34. The number of hydrogen-bond donors (Lipinski definition) is 0. The zero-order chi connectivity index (χ0) is 10.4. The molecule has 1 rings (SSSR count). The normalized spacial score (nSPS) is 9.36. The van der Waals surface area contributed by atoms with Gasteiger partial charge >= 0.3 is 0 Å². The molecule has 0 bridgehead atoms. The van der Waals surface area contributed by atoms with E-state index in [0.29, 0.717) is 18.4 Å². The minimum atomic E-state index is -0.338. The van der Waals surface area contributed by atoms with Crippen molar-refractivity contribution in [1.29, 1.82) is 5.26 Å². The van der Waals surface area contributed by atoms with Gasteiger partial charge in [0.1, 0.15) is 0 Å². The van der Waals surface area contributed by atoms with E-state index in [1.807, 2.05) is 12.1 Å². The first-order chi connectivity index (χ1) is 6.74. The molecule has 0 aromatic heterocycles. The predicted octanol–water partition coefficient (Wildman–Crippen LogP) is 1.77. The Morgan fingerprint density at radius 3 is 2.79 bits per heavy atom. The molecule has 0 spiro atoms. The molecule has 14 heavy (non-hydrogen) atoms. The van der Waals surface area contributed by atoms with E-state index >= 15 is 0 Å². The molecular formula is C10H10N2O2. The van der Waals surface area contributed by atoms with E-state index < -0.39 is 0 Å². The summed E-state index contributed by atoms with van der Waals surface area (Å²) in [6.07, 6.45) is 1.07. The second-order valence-corrected chi connectivity index (χ2v) is 2.93. The second kappa shape index (κ2) is 4.97. The van der Waals surface area contributed by atoms with Gasteiger partial charge in [-0.2, -0.15) is 5.26 Å². The maximum Gasteiger partial charge on any atom is 0.204 e. The molecule has 0 atom stereocenters. The molecule has 0 fully saturated rings. The monoisotopic (exact) mass is 190 g/mol. The van der Waals surface area contributed by atoms with Crippen LogP contribution in [0.5, 0.6) is 0 Å². The third-order valence-electron chi connectivity index (χ3n) is 1.92. The molecule has 1 aromatic carbocycles. The summed E-state index contributed by atoms with van der Waals surface area (Å²) in [7, 11) is 0. The number of nitro groups is 1. The van der Waals surface area contributed by atoms with Crippen LogP contribution in [0.2, 0.25) is 0 Å². The maximum atomic E-state index is 10.1. The highest BCUT2D eigenvalue weighted by atomic mass is 16.6. The van der Waals surface area contributed by atoms with Crippen molar-refractivity contribution in [2.24, 2.45) is 0 Å². The Morgan fingerprint density at radius 1 is 1.43 bits per heavy atom. The van der Waals surface area contributed by atoms with Crippen molar-refractivity contribution in [3.05, 3.63) is 45.5 Å². The van der Waals surface area contributed by atoms with Crippen molar-refractivity contribution >= 4 is 0 Å². The Balaban J connectivity index is 2.59. The van der Waals surface area contributed by atoms with E-state index in [9.17, 15) is 10.1 Å². The molecular weight excluding hydrogens is 180 g/mol. The highest BCUT2D eigenvalue weighted by Crippen LogP contribution is 2.09. The highest BCUT2D eigenvalue weighted by molar-refractivity contribution is 5.37. The summed E-state index contributed by atoms with van der Waals surface area (Å²) >= 11 is 0. The van der Waals surface area contributed by atoms with Crippen LogP contribution in [0.15, 0.2) is 24.3 Å². The van der Waals surface area contributed by atoms with E-state index in [1.54, 1.807) is 12.1 Å². The van der Waals surface area contributed by atoms with Crippen molar-refractivity contribution in [2.75, 3.05) is 6.54 Å². The van der Waals surface area contributed by atoms with Crippen LogP contribution in [0, 0.1) is 21.4 Å². The van der Waals surface area contributed by atoms with Crippen LogP contribution in [0.4, 0.5) is 0 Å². The quantitative estimate of drug-likeness (QED) is 0.536. The maximum absolute atomic E-state index is 10.1. The topological polar surface area (TPSA) is 66.9 Å². The summed E-state index contributed by atoms with van der Waals surface area (Å²) < 4.78 is 0. The smallest absolute Gasteiger partial charge is 0.204 e. The SMILES string of the molecule is N#Cc1ccccc1CCC[N+](=O)[O-]. The van der Waals surface area contributed by atoms with E-state index in [1.165, 1.54) is 0 Å². The Kier molecular flexibility index (Phi) is 3.62. The van der Waals surface area contributed by atoms with Crippen molar-refractivity contribution in [3.63, 3.8) is 0 Å². The second-order valence-electron chi connectivity index (χ2n) is 2.93. The molecule has 0 amide bonds. The average molecular weight is 190 g/mol. The zero-order valence-corrected chi connectivity index (χ0v) is 7.64. The van der Waals surface area contributed by atoms with Gasteiger partial charge in [0.2, 0.25) is 6.54 Å². The summed E-state index contributed by atoms with van der Waals surface area (Å²) in [5.74, 6) is 0. The molecule has 0 heterocycles. The predicted molar refractivity (Wildman–Crippen MR) is 51.3 cm³/mol. The lowest BCUT2D eigenvalue weighted by Gasteiger charge is -2.00. The molecule has 0 aliphatic heterocycles. The van der Waals surface area contributed by atoms with Gasteiger partial charge in [-0.15, -0.1) is 0 Å². The molecule has 4 heteroatoms. The lowest BCUT2D eigenvalue weighted by atomic mass is 10.0. The molecule has 0 aliphatic rings. The number of nitrogens with zero attached hydrogens (tertiary/aromatic N) is 2. The lowest BCUT2D eigenvalue weighted by Crippen LogP contribution is -2.02. The number of nitriles is 1. The van der Waals surface area contributed by atoms with E-state index in [-0.39, 0.29) is 11.5 Å². The molecule has 0 saturated carbocycles. The van der Waals surface area contributed by atoms with E-state index in [2.05, 4.69) is 6.07 Å². The van der Waals surface area contributed by atoms with Gasteiger partial charge in [0, 0.05) is 11.3 Å². The third kappa shape index (κ3) is 2.87. The number of aryl methyl sites for hydroxylation is 1. The molecule has 0 N–H and O–H groups in total. The molecule has 72 valence electrons. The molecule has 0 saturated heterocycles. The van der Waals surface area contributed by atoms with Gasteiger partial charge in [0.15, 0.2) is 0 Å². The fourth-order valence-corrected chi connectivity index (χ4v) is 1.25. The average Bonchev–Trinajstić information content (AvgIpc) is 2.18. The van der Waals surface area contributed by atoms with Crippen molar-refractivity contribution in [3.8, 4) is 6.07 Å². The van der Waals surface area contributed by atoms with Gasteiger partial charge in [-0.1, -0.05) is 18.2 Å². The standard InChI is InChI=1S/C10H10N2O2/c11-8-10-5-2-1-4-9(10)6-3-7-12(13)14/h1-2,4-5H,3,6-7H2. The largest absolute Gasteiger partial charge is 0.265 e. The van der Waals surface area contributed by atoms with Gasteiger partial charge in [0.05, 0.1) is 11.6 Å². The number of hydrogen-bond acceptors (Lipinski definition) is 3. The van der Waals surface area contributed by atoms with E-state index in [0.717, 1.165) is 5.56 Å². The van der Waals surface area contributed by atoms with Crippen LogP contribution >= 0.6 is 0 Å². The summed E-state index contributed by atoms with van der Waals surface area (Å²) in [6.45, 7) is -0.0419. The number of rotatable bonds is 4. The Hall–Kier alpha value is -1.89. The van der Waals surface area contributed by atoms with Crippen LogP contribution in [0.3, 0.4) is 0 Å². The van der Waals surface area contributed by atoms with Crippen LogP contribution in [0.1, 0.15) is 17.5 Å². The van der Waals surface area contributed by atoms with Gasteiger partial charge < -0.3 is 0 Å². The fraction of sp³-hybridized carbons (Fsp3) is 0.300. The lowest BCUT2D eigenvalue weighted by molar-refractivity contribution is -0.480. The fourth-order valence-electron chi connectivity index (χ4n) is 1.25. The van der Waals surface area contributed by atoms with Crippen molar-refractivity contribution in [1.82, 2.24) is 0 Å². The first kappa shape index (κ1) is 10.2. The summed E-state index contributed by atoms with van der Waals surface area (Å²) in [4.78, 5) is 9.75. The van der Waals surface area contributed by atoms with Crippen molar-refractivity contribution in [2.45, 2.75) is 12.8 Å². The Morgan fingerprint density at radius 2 is 2.14 bits per heavy atom. The Bertz CT molecular complexity index is 369. The van der Waals surface area contributed by atoms with Gasteiger partial charge in [-0.3, -0.25) is 10.1 Å². The summed E-state index contributed by atoms with van der Waals surface area (Å²) in [5.41, 5.74) is 1.49. The molecule has 4 nitrogen and oxygen atoms in total. The van der Waals surface area contributed by atoms with Crippen molar-refractivity contribution < 1.29 is 4.92 Å². The first-order valence-corrected chi connectivity index (χ1v) is 4.34. The molecule has 0 aliphatic carbocycles. The van der Waals surface area contributed by atoms with Gasteiger partial charge in [-0.25, -0.2) is 0 Å². The summed E-state index contributed by atoms with van der Waals surface area (Å²) in [6, 6.07) is 9.24.